The summed E-state index contributed by atoms with van der Waals surface area (Å²) in [4.78, 5) is 27.9. The number of fused-ring (bicyclic) bond motifs is 4. The van der Waals surface area contributed by atoms with Gasteiger partial charge in [-0.2, -0.15) is 0 Å². The summed E-state index contributed by atoms with van der Waals surface area (Å²) in [6, 6.07) is 8.78. The van der Waals surface area contributed by atoms with Crippen LogP contribution in [0.4, 0.5) is 0 Å². The van der Waals surface area contributed by atoms with Gasteiger partial charge in [0, 0.05) is 36.3 Å². The average molecular weight is 610 g/mol. The molecular weight excluding hydrogens is 572 g/mol. The number of ether oxygens (including phenoxy) is 4. The Bertz CT molecular complexity index is 1590. The Morgan fingerprint density at radius 2 is 1.91 bits per heavy atom. The number of allylic oxidation sites excluding steroid dienone is 10. The molecule has 2 heterocycles. The second-order valence-corrected chi connectivity index (χ2v) is 14.2. The fraction of sp³-hybridized carbons (Fsp3) is 0.351. The summed E-state index contributed by atoms with van der Waals surface area (Å²) < 4.78 is 23.1. The lowest BCUT2D eigenvalue weighted by Crippen LogP contribution is -2.30. The van der Waals surface area contributed by atoms with Crippen LogP contribution in [0.3, 0.4) is 0 Å². The summed E-state index contributed by atoms with van der Waals surface area (Å²) in [6.45, 7) is 3.77. The van der Waals surface area contributed by atoms with Gasteiger partial charge in [0.2, 0.25) is 5.79 Å². The zero-order valence-electron chi connectivity index (χ0n) is 25.0. The van der Waals surface area contributed by atoms with E-state index < -0.39 is 23.8 Å². The predicted molar refractivity (Wildman–Crippen MR) is 171 cm³/mol. The minimum Gasteiger partial charge on any atom is -0.464 e. The zero-order valence-corrected chi connectivity index (χ0v) is 25.8. The maximum atomic E-state index is 12.6. The highest BCUT2D eigenvalue weighted by Crippen LogP contribution is 2.48. The summed E-state index contributed by atoms with van der Waals surface area (Å²) >= 11 is 0. The van der Waals surface area contributed by atoms with Crippen molar-refractivity contribution in [2.24, 2.45) is 11.8 Å². The molecule has 7 heteroatoms. The number of cyclic esters (lactones) is 1. The second kappa shape index (κ2) is 12.0. The van der Waals surface area contributed by atoms with E-state index in [2.05, 4.69) is 91.9 Å². The molecule has 0 aromatic heterocycles. The molecule has 44 heavy (non-hydrogen) atoms. The van der Waals surface area contributed by atoms with Gasteiger partial charge in [0.05, 0.1) is 29.5 Å². The van der Waals surface area contributed by atoms with E-state index in [1.54, 1.807) is 6.92 Å². The summed E-state index contributed by atoms with van der Waals surface area (Å²) in [6.07, 6.45) is 27.9. The third-order valence-electron chi connectivity index (χ3n) is 9.09. The molecule has 0 N–H and O–H groups in total. The first-order valence-electron chi connectivity index (χ1n) is 15.4. The first kappa shape index (κ1) is 29.1. The zero-order chi connectivity index (χ0) is 30.3. The van der Waals surface area contributed by atoms with Crippen LogP contribution in [0, 0.1) is 11.8 Å². The molecule has 8 unspecified atom stereocenters. The van der Waals surface area contributed by atoms with Crippen LogP contribution in [0.1, 0.15) is 38.2 Å². The summed E-state index contributed by atoms with van der Waals surface area (Å²) in [7, 11) is -0.0445. The Labute approximate surface area is 261 Å². The number of rotatable bonds is 8. The van der Waals surface area contributed by atoms with Crippen molar-refractivity contribution in [3.05, 3.63) is 125 Å². The number of hydrogen-bond acceptors (Lipinski definition) is 6. The van der Waals surface area contributed by atoms with Gasteiger partial charge in [0.25, 0.3) is 0 Å². The van der Waals surface area contributed by atoms with Crippen molar-refractivity contribution >= 4 is 22.8 Å². The topological polar surface area (TPSA) is 71.1 Å². The maximum absolute atomic E-state index is 12.6. The van der Waals surface area contributed by atoms with Crippen LogP contribution in [0.25, 0.3) is 0 Å². The highest BCUT2D eigenvalue weighted by Gasteiger charge is 2.50. The third kappa shape index (κ3) is 5.53. The Morgan fingerprint density at radius 3 is 2.80 bits per heavy atom. The van der Waals surface area contributed by atoms with Crippen molar-refractivity contribution in [1.82, 2.24) is 0 Å². The normalized spacial score (nSPS) is 34.5. The molecule has 0 saturated carbocycles. The molecule has 1 fully saturated rings. The Kier molecular flexibility index (Phi) is 7.95. The monoisotopic (exact) mass is 609 g/mol. The smallest absolute Gasteiger partial charge is 0.338 e. The van der Waals surface area contributed by atoms with Gasteiger partial charge in [-0.3, -0.25) is 0 Å². The van der Waals surface area contributed by atoms with Crippen LogP contribution < -0.4 is 0 Å². The van der Waals surface area contributed by atoms with Gasteiger partial charge >= 0.3 is 11.9 Å². The van der Waals surface area contributed by atoms with Crippen LogP contribution in [0.2, 0.25) is 0 Å². The van der Waals surface area contributed by atoms with Gasteiger partial charge in [-0.05, 0) is 42.4 Å². The summed E-state index contributed by atoms with van der Waals surface area (Å²) in [5, 5.41) is 0.433. The Balaban J connectivity index is 0.889. The van der Waals surface area contributed by atoms with Gasteiger partial charge in [-0.25, -0.2) is 9.59 Å². The third-order valence-corrected chi connectivity index (χ3v) is 11.7. The fourth-order valence-electron chi connectivity index (χ4n) is 6.78. The van der Waals surface area contributed by atoms with Gasteiger partial charge in [-0.15, -0.1) is 0 Å². The lowest BCUT2D eigenvalue weighted by molar-refractivity contribution is -0.154. The molecule has 4 aliphatic carbocycles. The number of hydrogen-bond donors (Lipinski definition) is 0. The molecule has 1 aromatic rings. The lowest BCUT2D eigenvalue weighted by Gasteiger charge is -2.29. The maximum Gasteiger partial charge on any atom is 0.338 e. The van der Waals surface area contributed by atoms with Crippen LogP contribution in [-0.4, -0.2) is 48.4 Å². The molecular formula is C37H37O6S+. The van der Waals surface area contributed by atoms with E-state index in [1.807, 2.05) is 18.2 Å². The fourth-order valence-corrected chi connectivity index (χ4v) is 9.69. The molecule has 0 bridgehead atoms. The van der Waals surface area contributed by atoms with E-state index in [4.69, 9.17) is 18.9 Å². The van der Waals surface area contributed by atoms with Crippen LogP contribution in [0.5, 0.6) is 0 Å². The van der Waals surface area contributed by atoms with Crippen LogP contribution >= 0.6 is 0 Å². The number of benzene rings is 1. The molecule has 6 nitrogen and oxygen atoms in total. The van der Waals surface area contributed by atoms with E-state index in [9.17, 15) is 9.59 Å². The molecule has 6 aliphatic rings. The molecule has 1 saturated heterocycles. The van der Waals surface area contributed by atoms with E-state index in [-0.39, 0.29) is 42.6 Å². The van der Waals surface area contributed by atoms with Gasteiger partial charge in [0.15, 0.2) is 21.2 Å². The molecule has 8 atom stereocenters. The quantitative estimate of drug-likeness (QED) is 0.254. The van der Waals surface area contributed by atoms with Crippen molar-refractivity contribution in [2.45, 2.75) is 60.7 Å². The van der Waals surface area contributed by atoms with Gasteiger partial charge in [-0.1, -0.05) is 79.8 Å². The Hall–Kier alpha value is -3.65. The van der Waals surface area contributed by atoms with Gasteiger partial charge < -0.3 is 18.9 Å². The predicted octanol–water partition coefficient (Wildman–Crippen LogP) is 6.32. The Morgan fingerprint density at radius 1 is 1.07 bits per heavy atom. The number of carbonyl (C=O) groups is 2. The standard InChI is InChI=1S/C37H37O6S/c1-24-21-28(44-33-13-7-5-11-29(33)30-12-6-8-14-34(30)44)17-18-31(24)41-23-35(38)40-20-19-32-36(39)43-37(2,42-32)27-16-15-25-9-3-4-10-26(25)22-27/h3-14,16-18,21-22,24-25,29,31-33H,15,19-20,23H2,1-2H3/q+1. The summed E-state index contributed by atoms with van der Waals surface area (Å²) in [5.74, 6) is -1.19. The molecule has 0 radical (unpaired) electrons. The first-order valence-corrected chi connectivity index (χ1v) is 16.7. The minimum absolute atomic E-state index is 0.0423. The largest absolute Gasteiger partial charge is 0.464 e. The molecule has 1 aromatic carbocycles. The molecule has 7 rings (SSSR count). The SMILES string of the molecule is CC1C=C([S+]2c3ccccc3C3C=CC=CC32)C=CC1OCC(=O)OCCC1OC(C)(C2=CCC3C=CC=CC3=C2)OC1=O. The van der Waals surface area contributed by atoms with Crippen LogP contribution in [0.15, 0.2) is 124 Å². The van der Waals surface area contributed by atoms with Crippen molar-refractivity contribution in [3.63, 3.8) is 0 Å². The highest BCUT2D eigenvalue weighted by atomic mass is 32.2. The van der Waals surface area contributed by atoms with Crippen molar-refractivity contribution in [1.29, 1.82) is 0 Å². The number of carbonyl (C=O) groups excluding carboxylic acids is 2. The van der Waals surface area contributed by atoms with Gasteiger partial charge in [0.1, 0.15) is 6.61 Å². The highest BCUT2D eigenvalue weighted by molar-refractivity contribution is 8.01. The van der Waals surface area contributed by atoms with Crippen molar-refractivity contribution in [2.75, 3.05) is 13.2 Å². The second-order valence-electron chi connectivity index (χ2n) is 12.1. The number of esters is 2. The molecule has 0 spiro atoms. The molecule has 2 aliphatic heterocycles. The van der Waals surface area contributed by atoms with Crippen LogP contribution in [-0.2, 0) is 39.4 Å². The van der Waals surface area contributed by atoms with E-state index in [1.165, 1.54) is 20.9 Å². The van der Waals surface area contributed by atoms with E-state index in [0.717, 1.165) is 12.0 Å². The van der Waals surface area contributed by atoms with Crippen molar-refractivity contribution < 1.29 is 28.5 Å². The summed E-state index contributed by atoms with van der Waals surface area (Å²) in [5.41, 5.74) is 3.43. The minimum atomic E-state index is -1.15. The average Bonchev–Trinajstić information content (AvgIpc) is 3.53. The van der Waals surface area contributed by atoms with E-state index in [0.29, 0.717) is 17.1 Å². The van der Waals surface area contributed by atoms with E-state index >= 15 is 0 Å². The van der Waals surface area contributed by atoms with Crippen molar-refractivity contribution in [3.8, 4) is 0 Å². The first-order chi connectivity index (χ1) is 21.4. The lowest BCUT2D eigenvalue weighted by atomic mass is 9.84. The molecule has 226 valence electrons. The molecule has 0 amide bonds.